The van der Waals surface area contributed by atoms with Gasteiger partial charge in [-0.05, 0) is 31.2 Å². The van der Waals surface area contributed by atoms with Crippen molar-refractivity contribution in [1.82, 2.24) is 9.78 Å². The van der Waals surface area contributed by atoms with E-state index >= 15 is 0 Å². The second-order valence-electron chi connectivity index (χ2n) is 5.17. The lowest BCUT2D eigenvalue weighted by atomic mass is 10.1. The standard InChI is InChI=1S/C17H13N3O2/c1-10-15-16(11-6-2-5-9-14(11)22-17(15)21)20(19-10)13-8-4-3-7-12(13)18/h2-9H,18H2,1H3. The Morgan fingerprint density at radius 2 is 1.82 bits per heavy atom. The van der Waals surface area contributed by atoms with Crippen molar-refractivity contribution in [2.45, 2.75) is 6.92 Å². The van der Waals surface area contributed by atoms with Crippen LogP contribution in [0.2, 0.25) is 0 Å². The predicted octanol–water partition coefficient (Wildman–Crippen LogP) is 3.02. The van der Waals surface area contributed by atoms with Gasteiger partial charge in [0.05, 0.1) is 22.6 Å². The summed E-state index contributed by atoms with van der Waals surface area (Å²) in [6.45, 7) is 1.80. The third kappa shape index (κ3) is 1.65. The fourth-order valence-electron chi connectivity index (χ4n) is 2.78. The molecule has 0 bridgehead atoms. The van der Waals surface area contributed by atoms with Gasteiger partial charge in [0, 0.05) is 5.39 Å². The molecular formula is C17H13N3O2. The molecule has 0 radical (unpaired) electrons. The second kappa shape index (κ2) is 4.46. The number of nitrogens with two attached hydrogens (primary N) is 1. The van der Waals surface area contributed by atoms with Crippen LogP contribution in [0.25, 0.3) is 27.6 Å². The molecule has 2 heterocycles. The number of rotatable bonds is 1. The van der Waals surface area contributed by atoms with Crippen molar-refractivity contribution in [3.63, 3.8) is 0 Å². The lowest BCUT2D eigenvalue weighted by Gasteiger charge is -2.08. The Bertz CT molecular complexity index is 1080. The largest absolute Gasteiger partial charge is 0.422 e. The predicted molar refractivity (Wildman–Crippen MR) is 86.3 cm³/mol. The zero-order valence-electron chi connectivity index (χ0n) is 11.9. The fourth-order valence-corrected chi connectivity index (χ4v) is 2.78. The number of benzene rings is 2. The molecule has 108 valence electrons. The maximum Gasteiger partial charge on any atom is 0.347 e. The van der Waals surface area contributed by atoms with Gasteiger partial charge in [0.1, 0.15) is 11.0 Å². The molecule has 2 aromatic heterocycles. The van der Waals surface area contributed by atoms with Gasteiger partial charge in [-0.2, -0.15) is 5.10 Å². The van der Waals surface area contributed by atoms with Gasteiger partial charge >= 0.3 is 5.63 Å². The summed E-state index contributed by atoms with van der Waals surface area (Å²) in [5.74, 6) is 0. The summed E-state index contributed by atoms with van der Waals surface area (Å²) >= 11 is 0. The first-order valence-electron chi connectivity index (χ1n) is 6.93. The summed E-state index contributed by atoms with van der Waals surface area (Å²) in [4.78, 5) is 12.3. The number of para-hydroxylation sites is 3. The first-order chi connectivity index (χ1) is 10.7. The third-order valence-electron chi connectivity index (χ3n) is 3.77. The summed E-state index contributed by atoms with van der Waals surface area (Å²) in [6, 6.07) is 14.9. The first-order valence-corrected chi connectivity index (χ1v) is 6.93. The molecule has 4 aromatic rings. The van der Waals surface area contributed by atoms with Gasteiger partial charge in [-0.1, -0.05) is 24.3 Å². The van der Waals surface area contributed by atoms with Crippen molar-refractivity contribution < 1.29 is 4.42 Å². The number of anilines is 1. The summed E-state index contributed by atoms with van der Waals surface area (Å²) in [6.07, 6.45) is 0. The molecule has 5 heteroatoms. The molecule has 0 spiro atoms. The van der Waals surface area contributed by atoms with Crippen LogP contribution in [0.4, 0.5) is 5.69 Å². The summed E-state index contributed by atoms with van der Waals surface area (Å²) in [5, 5.41) is 5.83. The van der Waals surface area contributed by atoms with E-state index in [0.717, 1.165) is 16.6 Å². The molecule has 2 N–H and O–H groups in total. The van der Waals surface area contributed by atoms with Gasteiger partial charge in [-0.3, -0.25) is 0 Å². The minimum Gasteiger partial charge on any atom is -0.422 e. The third-order valence-corrected chi connectivity index (χ3v) is 3.77. The number of aromatic nitrogens is 2. The molecular weight excluding hydrogens is 278 g/mol. The van der Waals surface area contributed by atoms with Crippen molar-refractivity contribution in [1.29, 1.82) is 0 Å². The van der Waals surface area contributed by atoms with Crippen molar-refractivity contribution in [2.75, 3.05) is 5.73 Å². The number of hydrogen-bond donors (Lipinski definition) is 1. The zero-order chi connectivity index (χ0) is 15.3. The van der Waals surface area contributed by atoms with E-state index < -0.39 is 0 Å². The van der Waals surface area contributed by atoms with Gasteiger partial charge in [-0.15, -0.1) is 0 Å². The molecule has 0 aliphatic rings. The second-order valence-corrected chi connectivity index (χ2v) is 5.17. The van der Waals surface area contributed by atoms with E-state index in [1.165, 1.54) is 0 Å². The SMILES string of the molecule is Cc1nn(-c2ccccc2N)c2c1c(=O)oc1ccccc12. The smallest absolute Gasteiger partial charge is 0.347 e. The average Bonchev–Trinajstić information content (AvgIpc) is 2.86. The van der Waals surface area contributed by atoms with Gasteiger partial charge < -0.3 is 10.2 Å². The lowest BCUT2D eigenvalue weighted by Crippen LogP contribution is -2.03. The number of nitrogen functional groups attached to an aromatic ring is 1. The topological polar surface area (TPSA) is 74.1 Å². The monoisotopic (exact) mass is 291 g/mol. The fraction of sp³-hybridized carbons (Fsp3) is 0.0588. The Labute approximate surface area is 125 Å². The van der Waals surface area contributed by atoms with Gasteiger partial charge in [-0.25, -0.2) is 9.48 Å². The highest BCUT2D eigenvalue weighted by atomic mass is 16.4. The molecule has 0 saturated heterocycles. The highest BCUT2D eigenvalue weighted by Gasteiger charge is 2.18. The highest BCUT2D eigenvalue weighted by molar-refractivity contribution is 6.03. The van der Waals surface area contributed by atoms with Crippen LogP contribution in [0, 0.1) is 6.92 Å². The van der Waals surface area contributed by atoms with Crippen LogP contribution < -0.4 is 11.4 Å². The van der Waals surface area contributed by atoms with Crippen LogP contribution in [-0.2, 0) is 0 Å². The Morgan fingerprint density at radius 1 is 1.09 bits per heavy atom. The molecule has 4 rings (SSSR count). The Hall–Kier alpha value is -3.08. The van der Waals surface area contributed by atoms with Crippen molar-refractivity contribution in [3.05, 3.63) is 64.6 Å². The van der Waals surface area contributed by atoms with Gasteiger partial charge in [0.25, 0.3) is 0 Å². The van der Waals surface area contributed by atoms with E-state index in [4.69, 9.17) is 10.2 Å². The maximum absolute atomic E-state index is 12.3. The molecule has 0 fully saturated rings. The number of fused-ring (bicyclic) bond motifs is 3. The normalized spacial score (nSPS) is 11.3. The van der Waals surface area contributed by atoms with Crippen LogP contribution in [0.3, 0.4) is 0 Å². The summed E-state index contributed by atoms with van der Waals surface area (Å²) < 4.78 is 7.12. The van der Waals surface area contributed by atoms with Crippen LogP contribution >= 0.6 is 0 Å². The van der Waals surface area contributed by atoms with Crippen molar-refractivity contribution in [3.8, 4) is 5.69 Å². The molecule has 0 aliphatic heterocycles. The average molecular weight is 291 g/mol. The minimum absolute atomic E-state index is 0.382. The van der Waals surface area contributed by atoms with Crippen LogP contribution in [-0.4, -0.2) is 9.78 Å². The molecule has 0 saturated carbocycles. The van der Waals surface area contributed by atoms with E-state index in [1.807, 2.05) is 42.5 Å². The molecule has 22 heavy (non-hydrogen) atoms. The number of nitrogens with zero attached hydrogens (tertiary/aromatic N) is 2. The van der Waals surface area contributed by atoms with Crippen LogP contribution in [0.5, 0.6) is 0 Å². The van der Waals surface area contributed by atoms with Gasteiger partial charge in [0.2, 0.25) is 0 Å². The van der Waals surface area contributed by atoms with Crippen molar-refractivity contribution >= 4 is 27.6 Å². The molecule has 5 nitrogen and oxygen atoms in total. The van der Waals surface area contributed by atoms with E-state index in [1.54, 1.807) is 17.7 Å². The molecule has 0 aliphatic carbocycles. The molecule has 0 amide bonds. The van der Waals surface area contributed by atoms with E-state index in [-0.39, 0.29) is 5.63 Å². The number of hydrogen-bond acceptors (Lipinski definition) is 4. The molecule has 0 unspecified atom stereocenters. The molecule has 2 aromatic carbocycles. The van der Waals surface area contributed by atoms with Gasteiger partial charge in [0.15, 0.2) is 0 Å². The highest BCUT2D eigenvalue weighted by Crippen LogP contribution is 2.28. The number of aryl methyl sites for hydroxylation is 1. The zero-order valence-corrected chi connectivity index (χ0v) is 11.9. The Balaban J connectivity index is 2.26. The molecule has 0 atom stereocenters. The van der Waals surface area contributed by atoms with E-state index in [9.17, 15) is 4.79 Å². The maximum atomic E-state index is 12.3. The van der Waals surface area contributed by atoms with E-state index in [2.05, 4.69) is 5.10 Å². The Morgan fingerprint density at radius 3 is 2.64 bits per heavy atom. The van der Waals surface area contributed by atoms with Crippen LogP contribution in [0.1, 0.15) is 5.69 Å². The quantitative estimate of drug-likeness (QED) is 0.432. The van der Waals surface area contributed by atoms with Crippen molar-refractivity contribution in [2.24, 2.45) is 0 Å². The minimum atomic E-state index is -0.382. The van der Waals surface area contributed by atoms with E-state index in [0.29, 0.717) is 22.4 Å². The lowest BCUT2D eigenvalue weighted by molar-refractivity contribution is 0.569. The Kier molecular flexibility index (Phi) is 2.56. The first kappa shape index (κ1) is 12.6. The summed E-state index contributed by atoms with van der Waals surface area (Å²) in [5.41, 5.74) is 8.92. The van der Waals surface area contributed by atoms with Crippen LogP contribution in [0.15, 0.2) is 57.7 Å². The summed E-state index contributed by atoms with van der Waals surface area (Å²) in [7, 11) is 0.